The Morgan fingerprint density at radius 3 is 2.23 bits per heavy atom. The number of anilines is 1. The van der Waals surface area contributed by atoms with Crippen LogP contribution in [0.1, 0.15) is 39.5 Å². The number of nitrogens with zero attached hydrogens (tertiary/aromatic N) is 2. The van der Waals surface area contributed by atoms with Crippen molar-refractivity contribution >= 4 is 29.3 Å². The van der Waals surface area contributed by atoms with E-state index in [0.717, 1.165) is 12.8 Å². The zero-order valence-corrected chi connectivity index (χ0v) is 18.3. The van der Waals surface area contributed by atoms with Crippen LogP contribution in [-0.4, -0.2) is 55.7 Å². The van der Waals surface area contributed by atoms with E-state index in [1.54, 1.807) is 38.4 Å². The Morgan fingerprint density at radius 2 is 1.67 bits per heavy atom. The molecule has 2 amide bonds. The lowest BCUT2D eigenvalue weighted by atomic mass is 9.96. The van der Waals surface area contributed by atoms with Crippen molar-refractivity contribution in [3.8, 4) is 0 Å². The molecular formula is C23H32N2O5. The molecule has 0 radical (unpaired) electrons. The van der Waals surface area contributed by atoms with Crippen LogP contribution in [-0.2, 0) is 23.9 Å². The van der Waals surface area contributed by atoms with Gasteiger partial charge < -0.3 is 14.5 Å². The quantitative estimate of drug-likeness (QED) is 0.226. The van der Waals surface area contributed by atoms with Crippen molar-refractivity contribution < 1.29 is 23.9 Å². The largest absolute Gasteiger partial charge is 0.462 e. The van der Waals surface area contributed by atoms with E-state index in [4.69, 9.17) is 4.74 Å². The molecule has 1 atom stereocenters. The Labute approximate surface area is 178 Å². The van der Waals surface area contributed by atoms with Crippen LogP contribution < -0.4 is 4.90 Å². The van der Waals surface area contributed by atoms with E-state index in [9.17, 15) is 19.2 Å². The second kappa shape index (κ2) is 12.6. The van der Waals surface area contributed by atoms with E-state index in [2.05, 4.69) is 6.58 Å². The zero-order valence-electron chi connectivity index (χ0n) is 18.3. The minimum Gasteiger partial charge on any atom is -0.462 e. The highest BCUT2D eigenvalue weighted by molar-refractivity contribution is 6.21. The molecule has 0 spiro atoms. The number of unbranched alkanes of at least 4 members (excludes halogenated alkanes) is 1. The van der Waals surface area contributed by atoms with E-state index < -0.39 is 29.5 Å². The number of hydrogen-bond acceptors (Lipinski definition) is 5. The summed E-state index contributed by atoms with van der Waals surface area (Å²) in [5, 5.41) is 0. The lowest BCUT2D eigenvalue weighted by Crippen LogP contribution is -2.47. The monoisotopic (exact) mass is 416 g/mol. The van der Waals surface area contributed by atoms with Crippen LogP contribution in [0, 0.1) is 5.92 Å². The molecule has 1 rings (SSSR count). The van der Waals surface area contributed by atoms with Crippen molar-refractivity contribution in [2.24, 2.45) is 5.92 Å². The van der Waals surface area contributed by atoms with E-state index in [0.29, 0.717) is 12.2 Å². The van der Waals surface area contributed by atoms with Crippen molar-refractivity contribution in [1.82, 2.24) is 4.90 Å². The third-order valence-electron chi connectivity index (χ3n) is 4.66. The minimum absolute atomic E-state index is 0.0206. The molecule has 0 fully saturated rings. The summed E-state index contributed by atoms with van der Waals surface area (Å²) in [5.74, 6) is -3.52. The van der Waals surface area contributed by atoms with Gasteiger partial charge in [0.2, 0.25) is 11.8 Å². The number of benzene rings is 1. The number of esters is 1. The van der Waals surface area contributed by atoms with Crippen molar-refractivity contribution in [2.75, 3.05) is 32.1 Å². The standard InChI is InChI=1S/C23H32N2O5/c1-6-7-15-24(4)21(27)20(19(26)14-11-16-30-23(29)17(2)3)22(28)25(5)18-12-9-8-10-13-18/h8-10,12-13,20H,2,6-7,11,14-16H2,1,3-5H3. The Morgan fingerprint density at radius 1 is 1.03 bits per heavy atom. The van der Waals surface area contributed by atoms with Crippen molar-refractivity contribution in [2.45, 2.75) is 39.5 Å². The number of ketones is 1. The lowest BCUT2D eigenvalue weighted by Gasteiger charge is -2.26. The molecule has 0 aliphatic heterocycles. The van der Waals surface area contributed by atoms with Crippen LogP contribution in [0.5, 0.6) is 0 Å². The maximum atomic E-state index is 13.1. The number of amides is 2. The third kappa shape index (κ3) is 7.46. The molecule has 1 aromatic carbocycles. The molecular weight excluding hydrogens is 384 g/mol. The van der Waals surface area contributed by atoms with E-state index in [1.165, 1.54) is 16.7 Å². The first-order valence-electron chi connectivity index (χ1n) is 10.1. The van der Waals surface area contributed by atoms with E-state index in [1.807, 2.05) is 13.0 Å². The van der Waals surface area contributed by atoms with Crippen LogP contribution in [0.2, 0.25) is 0 Å². The topological polar surface area (TPSA) is 84.0 Å². The van der Waals surface area contributed by atoms with E-state index in [-0.39, 0.29) is 25.0 Å². The van der Waals surface area contributed by atoms with Gasteiger partial charge in [0.1, 0.15) is 0 Å². The molecule has 1 aromatic rings. The molecule has 0 saturated carbocycles. The van der Waals surface area contributed by atoms with Crippen molar-refractivity contribution in [1.29, 1.82) is 0 Å². The van der Waals surface area contributed by atoms with Crippen LogP contribution in [0.25, 0.3) is 0 Å². The van der Waals surface area contributed by atoms with Gasteiger partial charge in [-0.25, -0.2) is 4.79 Å². The number of hydrogen-bond donors (Lipinski definition) is 0. The summed E-state index contributed by atoms with van der Waals surface area (Å²) in [5.41, 5.74) is 0.867. The molecule has 7 heteroatoms. The van der Waals surface area contributed by atoms with E-state index >= 15 is 0 Å². The Kier molecular flexibility index (Phi) is 10.5. The number of para-hydroxylation sites is 1. The molecule has 0 bridgehead atoms. The molecule has 0 saturated heterocycles. The first-order valence-corrected chi connectivity index (χ1v) is 10.1. The lowest BCUT2D eigenvalue weighted by molar-refractivity contribution is -0.146. The number of ether oxygens (including phenoxy) is 1. The molecule has 0 aromatic heterocycles. The van der Waals surface area contributed by atoms with Gasteiger partial charge in [0, 0.05) is 38.3 Å². The predicted molar refractivity (Wildman–Crippen MR) is 116 cm³/mol. The average Bonchev–Trinajstić information content (AvgIpc) is 2.74. The zero-order chi connectivity index (χ0) is 22.7. The fourth-order valence-corrected chi connectivity index (χ4v) is 2.76. The number of Topliss-reactive ketones (excluding diaryl/α,β-unsaturated/α-hetero) is 1. The Bertz CT molecular complexity index is 760. The van der Waals surface area contributed by atoms with Gasteiger partial charge in [-0.05, 0) is 31.9 Å². The summed E-state index contributed by atoms with van der Waals surface area (Å²) >= 11 is 0. The van der Waals surface area contributed by atoms with Gasteiger partial charge in [0.05, 0.1) is 6.61 Å². The highest BCUT2D eigenvalue weighted by Gasteiger charge is 2.37. The summed E-state index contributed by atoms with van der Waals surface area (Å²) in [7, 11) is 3.15. The van der Waals surface area contributed by atoms with Crippen LogP contribution in [0.15, 0.2) is 42.5 Å². The van der Waals surface area contributed by atoms with Crippen molar-refractivity contribution in [3.05, 3.63) is 42.5 Å². The fraction of sp³-hybridized carbons (Fsp3) is 0.478. The van der Waals surface area contributed by atoms with Gasteiger partial charge in [0.15, 0.2) is 11.7 Å². The Balaban J connectivity index is 2.92. The minimum atomic E-state index is -1.42. The average molecular weight is 417 g/mol. The maximum Gasteiger partial charge on any atom is 0.333 e. The summed E-state index contributed by atoms with van der Waals surface area (Å²) < 4.78 is 4.99. The van der Waals surface area contributed by atoms with Crippen LogP contribution >= 0.6 is 0 Å². The van der Waals surface area contributed by atoms with Crippen LogP contribution in [0.3, 0.4) is 0 Å². The summed E-state index contributed by atoms with van der Waals surface area (Å²) in [4.78, 5) is 53.1. The number of carbonyl (C=O) groups excluding carboxylic acids is 4. The summed E-state index contributed by atoms with van der Waals surface area (Å²) in [6.45, 7) is 7.52. The summed E-state index contributed by atoms with van der Waals surface area (Å²) in [6.07, 6.45) is 1.85. The molecule has 0 N–H and O–H groups in total. The highest BCUT2D eigenvalue weighted by atomic mass is 16.5. The maximum absolute atomic E-state index is 13.1. The van der Waals surface area contributed by atoms with Gasteiger partial charge >= 0.3 is 5.97 Å². The smallest absolute Gasteiger partial charge is 0.333 e. The van der Waals surface area contributed by atoms with Gasteiger partial charge in [-0.1, -0.05) is 38.1 Å². The van der Waals surface area contributed by atoms with Crippen molar-refractivity contribution in [3.63, 3.8) is 0 Å². The normalized spacial score (nSPS) is 11.3. The SMILES string of the molecule is C=C(C)C(=O)OCCCC(=O)C(C(=O)N(C)CCCC)C(=O)N(C)c1ccccc1. The van der Waals surface area contributed by atoms with Gasteiger partial charge in [-0.15, -0.1) is 0 Å². The second-order valence-electron chi connectivity index (χ2n) is 7.27. The Hall–Kier alpha value is -2.96. The summed E-state index contributed by atoms with van der Waals surface area (Å²) in [6, 6.07) is 8.85. The number of carbonyl (C=O) groups is 4. The molecule has 0 heterocycles. The van der Waals surface area contributed by atoms with Gasteiger partial charge in [0.25, 0.3) is 0 Å². The van der Waals surface area contributed by atoms with Crippen LogP contribution in [0.4, 0.5) is 5.69 Å². The first kappa shape index (κ1) is 25.1. The molecule has 164 valence electrons. The predicted octanol–water partition coefficient (Wildman–Crippen LogP) is 2.99. The molecule has 1 unspecified atom stereocenters. The third-order valence-corrected chi connectivity index (χ3v) is 4.66. The number of rotatable bonds is 12. The van der Waals surface area contributed by atoms with Gasteiger partial charge in [-0.3, -0.25) is 14.4 Å². The molecule has 0 aliphatic rings. The fourth-order valence-electron chi connectivity index (χ4n) is 2.76. The molecule has 7 nitrogen and oxygen atoms in total. The van der Waals surface area contributed by atoms with Gasteiger partial charge in [-0.2, -0.15) is 0 Å². The highest BCUT2D eigenvalue weighted by Crippen LogP contribution is 2.18. The second-order valence-corrected chi connectivity index (χ2v) is 7.27. The molecule has 0 aliphatic carbocycles. The molecule has 30 heavy (non-hydrogen) atoms. The first-order chi connectivity index (χ1) is 14.2.